The minimum absolute atomic E-state index is 0.0641. The topological polar surface area (TPSA) is 58.8 Å². The van der Waals surface area contributed by atoms with E-state index in [0.29, 0.717) is 25.3 Å². The smallest absolute Gasteiger partial charge is 0.246 e. The lowest BCUT2D eigenvalue weighted by Crippen LogP contribution is -2.50. The van der Waals surface area contributed by atoms with Crippen LogP contribution in [0.3, 0.4) is 0 Å². The zero-order chi connectivity index (χ0) is 18.0. The molecule has 1 aliphatic heterocycles. The maximum atomic E-state index is 12.9. The Morgan fingerprint density at radius 3 is 2.64 bits per heavy atom. The summed E-state index contributed by atoms with van der Waals surface area (Å²) in [6.45, 7) is 7.60. The fourth-order valence-corrected chi connectivity index (χ4v) is 3.25. The van der Waals surface area contributed by atoms with Crippen molar-refractivity contribution >= 4 is 23.0 Å². The number of nitrogens with two attached hydrogens (primary N) is 1. The largest absolute Gasteiger partial charge is 0.484 e. The first-order chi connectivity index (χ1) is 11.9. The van der Waals surface area contributed by atoms with Crippen molar-refractivity contribution in [2.45, 2.75) is 26.4 Å². The van der Waals surface area contributed by atoms with E-state index in [4.69, 9.17) is 10.5 Å². The first-order valence-electron chi connectivity index (χ1n) is 8.58. The third-order valence-electron chi connectivity index (χ3n) is 4.29. The SMILES string of the molecule is CCN(C(=O)CN1CC(C)(C)Oc2cc(N)ccc21)c1ccccc1. The number of hydrogen-bond acceptors (Lipinski definition) is 4. The van der Waals surface area contributed by atoms with E-state index >= 15 is 0 Å². The lowest BCUT2D eigenvalue weighted by atomic mass is 10.0. The number of nitrogens with zero attached hydrogens (tertiary/aromatic N) is 2. The summed E-state index contributed by atoms with van der Waals surface area (Å²) in [6, 6.07) is 15.3. The van der Waals surface area contributed by atoms with Crippen LogP contribution in [-0.2, 0) is 4.79 Å². The third-order valence-corrected chi connectivity index (χ3v) is 4.29. The van der Waals surface area contributed by atoms with Gasteiger partial charge in [-0.15, -0.1) is 0 Å². The van der Waals surface area contributed by atoms with Gasteiger partial charge >= 0.3 is 0 Å². The molecule has 25 heavy (non-hydrogen) atoms. The van der Waals surface area contributed by atoms with Gasteiger partial charge in [-0.25, -0.2) is 0 Å². The van der Waals surface area contributed by atoms with E-state index in [1.54, 1.807) is 4.90 Å². The molecule has 0 bridgehead atoms. The highest BCUT2D eigenvalue weighted by Crippen LogP contribution is 2.38. The van der Waals surface area contributed by atoms with Gasteiger partial charge in [0.2, 0.25) is 5.91 Å². The van der Waals surface area contributed by atoms with E-state index in [1.165, 1.54) is 0 Å². The molecule has 5 heteroatoms. The fourth-order valence-electron chi connectivity index (χ4n) is 3.25. The molecule has 2 aromatic rings. The number of fused-ring (bicyclic) bond motifs is 1. The Morgan fingerprint density at radius 1 is 1.24 bits per heavy atom. The fraction of sp³-hybridized carbons (Fsp3) is 0.350. The minimum Gasteiger partial charge on any atom is -0.484 e. The summed E-state index contributed by atoms with van der Waals surface area (Å²) >= 11 is 0. The van der Waals surface area contributed by atoms with Crippen molar-refractivity contribution in [3.05, 3.63) is 48.5 Å². The highest BCUT2D eigenvalue weighted by Gasteiger charge is 2.33. The number of carbonyl (C=O) groups excluding carboxylic acids is 1. The van der Waals surface area contributed by atoms with Crippen LogP contribution in [-0.4, -0.2) is 31.1 Å². The molecule has 0 fully saturated rings. The molecule has 2 N–H and O–H groups in total. The molecule has 1 heterocycles. The number of amides is 1. The summed E-state index contributed by atoms with van der Waals surface area (Å²) < 4.78 is 6.04. The number of ether oxygens (including phenoxy) is 1. The van der Waals surface area contributed by atoms with Crippen LogP contribution in [0.1, 0.15) is 20.8 Å². The van der Waals surface area contributed by atoms with Crippen molar-refractivity contribution in [2.75, 3.05) is 35.2 Å². The Morgan fingerprint density at radius 2 is 1.96 bits per heavy atom. The molecule has 0 saturated carbocycles. The van der Waals surface area contributed by atoms with E-state index in [0.717, 1.165) is 17.1 Å². The van der Waals surface area contributed by atoms with E-state index < -0.39 is 0 Å². The maximum absolute atomic E-state index is 12.9. The van der Waals surface area contributed by atoms with Crippen LogP contribution in [0.5, 0.6) is 5.75 Å². The van der Waals surface area contributed by atoms with Crippen LogP contribution in [0.4, 0.5) is 17.1 Å². The summed E-state index contributed by atoms with van der Waals surface area (Å²) in [5.41, 5.74) is 7.98. The van der Waals surface area contributed by atoms with Gasteiger partial charge in [0.15, 0.2) is 0 Å². The molecule has 0 unspecified atom stereocenters. The Kier molecular flexibility index (Phi) is 4.57. The molecule has 0 atom stereocenters. The number of hydrogen-bond donors (Lipinski definition) is 1. The first kappa shape index (κ1) is 17.1. The Labute approximate surface area is 149 Å². The van der Waals surface area contributed by atoms with Crippen molar-refractivity contribution in [1.29, 1.82) is 0 Å². The van der Waals surface area contributed by atoms with Gasteiger partial charge in [0.25, 0.3) is 0 Å². The average Bonchev–Trinajstić information content (AvgIpc) is 2.55. The lowest BCUT2D eigenvalue weighted by molar-refractivity contribution is -0.117. The van der Waals surface area contributed by atoms with Crippen LogP contribution >= 0.6 is 0 Å². The summed E-state index contributed by atoms with van der Waals surface area (Å²) in [6.07, 6.45) is 0. The van der Waals surface area contributed by atoms with Crippen LogP contribution in [0.25, 0.3) is 0 Å². The highest BCUT2D eigenvalue weighted by atomic mass is 16.5. The number of rotatable bonds is 4. The number of benzene rings is 2. The number of carbonyl (C=O) groups is 1. The summed E-state index contributed by atoms with van der Waals surface area (Å²) in [7, 11) is 0. The highest BCUT2D eigenvalue weighted by molar-refractivity contribution is 5.96. The molecule has 0 aliphatic carbocycles. The molecular weight excluding hydrogens is 314 g/mol. The average molecular weight is 339 g/mol. The van der Waals surface area contributed by atoms with Gasteiger partial charge in [-0.1, -0.05) is 18.2 Å². The minimum atomic E-state index is -0.384. The quantitative estimate of drug-likeness (QED) is 0.868. The first-order valence-corrected chi connectivity index (χ1v) is 8.58. The zero-order valence-electron chi connectivity index (χ0n) is 15.0. The number of likely N-dealkylation sites (N-methyl/N-ethyl adjacent to an activating group) is 1. The van der Waals surface area contributed by atoms with E-state index in [9.17, 15) is 4.79 Å². The zero-order valence-corrected chi connectivity index (χ0v) is 15.0. The number of anilines is 3. The predicted molar refractivity (Wildman–Crippen MR) is 102 cm³/mol. The van der Waals surface area contributed by atoms with Gasteiger partial charge in [-0.05, 0) is 45.0 Å². The van der Waals surface area contributed by atoms with Crippen LogP contribution in [0.2, 0.25) is 0 Å². The van der Waals surface area contributed by atoms with Crippen molar-refractivity contribution in [3.63, 3.8) is 0 Å². The van der Waals surface area contributed by atoms with Crippen molar-refractivity contribution < 1.29 is 9.53 Å². The second kappa shape index (κ2) is 6.67. The summed E-state index contributed by atoms with van der Waals surface area (Å²) in [5.74, 6) is 0.793. The van der Waals surface area contributed by atoms with Crippen LogP contribution in [0.15, 0.2) is 48.5 Å². The molecule has 132 valence electrons. The molecule has 5 nitrogen and oxygen atoms in total. The van der Waals surface area contributed by atoms with E-state index in [1.807, 2.05) is 69.3 Å². The Balaban J connectivity index is 1.85. The lowest BCUT2D eigenvalue weighted by Gasteiger charge is -2.41. The standard InChI is InChI=1S/C20H25N3O2/c1-4-23(16-8-6-5-7-9-16)19(24)13-22-14-20(2,3)25-18-12-15(21)10-11-17(18)22/h5-12H,4,13-14,21H2,1-3H3. The monoisotopic (exact) mass is 339 g/mol. The normalized spacial score (nSPS) is 15.2. The summed E-state index contributed by atoms with van der Waals surface area (Å²) in [5, 5.41) is 0. The van der Waals surface area contributed by atoms with Crippen LogP contribution < -0.4 is 20.3 Å². The molecule has 0 spiro atoms. The summed E-state index contributed by atoms with van der Waals surface area (Å²) in [4.78, 5) is 16.8. The van der Waals surface area contributed by atoms with Crippen LogP contribution in [0, 0.1) is 0 Å². The Hall–Kier alpha value is -2.69. The van der Waals surface area contributed by atoms with Gasteiger partial charge in [-0.2, -0.15) is 0 Å². The third kappa shape index (κ3) is 3.71. The molecule has 2 aromatic carbocycles. The molecule has 0 radical (unpaired) electrons. The number of nitrogen functional groups attached to an aromatic ring is 1. The van der Waals surface area contributed by atoms with Crippen molar-refractivity contribution in [1.82, 2.24) is 0 Å². The van der Waals surface area contributed by atoms with Crippen molar-refractivity contribution in [2.24, 2.45) is 0 Å². The van der Waals surface area contributed by atoms with Gasteiger partial charge in [0.1, 0.15) is 11.4 Å². The van der Waals surface area contributed by atoms with Crippen molar-refractivity contribution in [3.8, 4) is 5.75 Å². The molecule has 3 rings (SSSR count). The van der Waals surface area contributed by atoms with Gasteiger partial charge < -0.3 is 20.3 Å². The van der Waals surface area contributed by atoms with Gasteiger partial charge in [0.05, 0.1) is 18.8 Å². The van der Waals surface area contributed by atoms with E-state index in [2.05, 4.69) is 4.90 Å². The molecule has 0 aromatic heterocycles. The van der Waals surface area contributed by atoms with E-state index in [-0.39, 0.29) is 11.5 Å². The van der Waals surface area contributed by atoms with Gasteiger partial charge in [-0.3, -0.25) is 4.79 Å². The number of para-hydroxylation sites is 1. The Bertz CT molecular complexity index is 759. The molecule has 1 amide bonds. The predicted octanol–water partition coefficient (Wildman–Crippen LogP) is 3.30. The molecule has 0 saturated heterocycles. The molecular formula is C20H25N3O2. The second-order valence-corrected chi connectivity index (χ2v) is 6.92. The molecule has 1 aliphatic rings. The second-order valence-electron chi connectivity index (χ2n) is 6.92. The maximum Gasteiger partial charge on any atom is 0.246 e. The van der Waals surface area contributed by atoms with Gasteiger partial charge in [0, 0.05) is 24.0 Å².